The molecule has 1 fully saturated rings. The highest BCUT2D eigenvalue weighted by molar-refractivity contribution is 4.72. The van der Waals surface area contributed by atoms with Crippen LogP contribution < -0.4 is 5.73 Å². The summed E-state index contributed by atoms with van der Waals surface area (Å²) >= 11 is 0. The van der Waals surface area contributed by atoms with Crippen LogP contribution in [0.3, 0.4) is 0 Å². The van der Waals surface area contributed by atoms with Gasteiger partial charge >= 0.3 is 0 Å². The standard InChI is InChI=1S/C9H19F2N3/c10-9(11)8-14-6-4-13(5-7-14)3-1-2-12/h9H,1-8,12H2. The largest absolute Gasteiger partial charge is 0.330 e. The first-order valence-corrected chi connectivity index (χ1v) is 5.15. The van der Waals surface area contributed by atoms with Crippen molar-refractivity contribution >= 4 is 0 Å². The number of rotatable bonds is 5. The van der Waals surface area contributed by atoms with Crippen LogP contribution in [0.15, 0.2) is 0 Å². The van der Waals surface area contributed by atoms with Crippen LogP contribution in [0.1, 0.15) is 6.42 Å². The SMILES string of the molecule is NCCCN1CCN(CC(F)F)CC1. The van der Waals surface area contributed by atoms with E-state index in [4.69, 9.17) is 5.73 Å². The van der Waals surface area contributed by atoms with Crippen LogP contribution in [0, 0.1) is 0 Å². The summed E-state index contributed by atoms with van der Waals surface area (Å²) < 4.78 is 24.1. The Morgan fingerprint density at radius 3 is 2.14 bits per heavy atom. The van der Waals surface area contributed by atoms with Gasteiger partial charge in [-0.05, 0) is 19.5 Å². The minimum atomic E-state index is -2.20. The molecule has 3 nitrogen and oxygen atoms in total. The zero-order chi connectivity index (χ0) is 10.4. The Hall–Kier alpha value is -0.260. The van der Waals surface area contributed by atoms with Crippen LogP contribution in [0.4, 0.5) is 8.78 Å². The molecule has 1 heterocycles. The predicted molar refractivity (Wildman–Crippen MR) is 52.6 cm³/mol. The third-order valence-corrected chi connectivity index (χ3v) is 2.54. The van der Waals surface area contributed by atoms with E-state index < -0.39 is 6.43 Å². The topological polar surface area (TPSA) is 32.5 Å². The number of halogens is 2. The highest BCUT2D eigenvalue weighted by Gasteiger charge is 2.18. The lowest BCUT2D eigenvalue weighted by atomic mass is 10.3. The van der Waals surface area contributed by atoms with Gasteiger partial charge in [-0.15, -0.1) is 0 Å². The molecule has 14 heavy (non-hydrogen) atoms. The first-order valence-electron chi connectivity index (χ1n) is 5.15. The fourth-order valence-electron chi connectivity index (χ4n) is 1.71. The molecule has 0 bridgehead atoms. The molecule has 0 amide bonds. The summed E-state index contributed by atoms with van der Waals surface area (Å²) in [6.07, 6.45) is -1.21. The fraction of sp³-hybridized carbons (Fsp3) is 1.00. The first kappa shape index (κ1) is 11.8. The zero-order valence-electron chi connectivity index (χ0n) is 8.46. The third kappa shape index (κ3) is 4.30. The Balaban J connectivity index is 2.11. The van der Waals surface area contributed by atoms with Gasteiger partial charge in [-0.1, -0.05) is 0 Å². The van der Waals surface area contributed by atoms with Crippen molar-refractivity contribution in [3.63, 3.8) is 0 Å². The number of nitrogens with two attached hydrogens (primary N) is 1. The van der Waals surface area contributed by atoms with E-state index in [2.05, 4.69) is 4.90 Å². The summed E-state index contributed by atoms with van der Waals surface area (Å²) in [4.78, 5) is 4.11. The van der Waals surface area contributed by atoms with Gasteiger partial charge in [-0.25, -0.2) is 8.78 Å². The number of hydrogen-bond donors (Lipinski definition) is 1. The molecule has 1 saturated heterocycles. The van der Waals surface area contributed by atoms with Crippen molar-refractivity contribution in [3.05, 3.63) is 0 Å². The molecular formula is C9H19F2N3. The molecule has 84 valence electrons. The zero-order valence-corrected chi connectivity index (χ0v) is 8.46. The molecule has 0 aromatic carbocycles. The highest BCUT2D eigenvalue weighted by atomic mass is 19.3. The summed E-state index contributed by atoms with van der Waals surface area (Å²) in [6, 6.07) is 0. The minimum Gasteiger partial charge on any atom is -0.330 e. The maximum Gasteiger partial charge on any atom is 0.251 e. The molecule has 0 aliphatic carbocycles. The van der Waals surface area contributed by atoms with Crippen molar-refractivity contribution in [1.29, 1.82) is 0 Å². The van der Waals surface area contributed by atoms with E-state index in [9.17, 15) is 8.78 Å². The Morgan fingerprint density at radius 1 is 1.07 bits per heavy atom. The molecule has 2 N–H and O–H groups in total. The van der Waals surface area contributed by atoms with E-state index in [0.717, 1.165) is 39.1 Å². The van der Waals surface area contributed by atoms with Gasteiger partial charge in [0, 0.05) is 26.2 Å². The third-order valence-electron chi connectivity index (χ3n) is 2.54. The van der Waals surface area contributed by atoms with Gasteiger partial charge in [0.25, 0.3) is 6.43 Å². The van der Waals surface area contributed by atoms with Crippen molar-refractivity contribution in [2.24, 2.45) is 5.73 Å². The van der Waals surface area contributed by atoms with Gasteiger partial charge in [0.2, 0.25) is 0 Å². The van der Waals surface area contributed by atoms with Crippen molar-refractivity contribution in [1.82, 2.24) is 9.80 Å². The Morgan fingerprint density at radius 2 is 1.64 bits per heavy atom. The molecular weight excluding hydrogens is 188 g/mol. The molecule has 0 aromatic heterocycles. The second-order valence-electron chi connectivity index (χ2n) is 3.68. The van der Waals surface area contributed by atoms with E-state index in [-0.39, 0.29) is 6.54 Å². The quantitative estimate of drug-likeness (QED) is 0.700. The van der Waals surface area contributed by atoms with E-state index >= 15 is 0 Å². The van der Waals surface area contributed by atoms with Crippen LogP contribution in [-0.4, -0.2) is 62.0 Å². The predicted octanol–water partition coefficient (Wildman–Crippen LogP) is 0.218. The van der Waals surface area contributed by atoms with Crippen LogP contribution in [0.25, 0.3) is 0 Å². The monoisotopic (exact) mass is 207 g/mol. The minimum absolute atomic E-state index is 0.0786. The summed E-state index contributed by atoms with van der Waals surface area (Å²) in [5, 5.41) is 0. The van der Waals surface area contributed by atoms with Gasteiger partial charge in [-0.2, -0.15) is 0 Å². The van der Waals surface area contributed by atoms with Crippen molar-refractivity contribution in [2.45, 2.75) is 12.8 Å². The van der Waals surface area contributed by atoms with E-state index in [1.165, 1.54) is 0 Å². The summed E-state index contributed by atoms with van der Waals surface area (Å²) in [7, 11) is 0. The van der Waals surface area contributed by atoms with Crippen molar-refractivity contribution in [3.8, 4) is 0 Å². The molecule has 1 aliphatic heterocycles. The van der Waals surface area contributed by atoms with Crippen molar-refractivity contribution in [2.75, 3.05) is 45.8 Å². The van der Waals surface area contributed by atoms with Gasteiger partial charge in [-0.3, -0.25) is 4.90 Å². The Labute approximate surface area is 83.8 Å². The smallest absolute Gasteiger partial charge is 0.251 e. The van der Waals surface area contributed by atoms with Gasteiger partial charge in [0.05, 0.1) is 6.54 Å². The molecule has 1 rings (SSSR count). The van der Waals surface area contributed by atoms with Gasteiger partial charge < -0.3 is 10.6 Å². The lowest BCUT2D eigenvalue weighted by Crippen LogP contribution is -2.48. The fourth-order valence-corrected chi connectivity index (χ4v) is 1.71. The van der Waals surface area contributed by atoms with Crippen LogP contribution in [0.5, 0.6) is 0 Å². The molecule has 0 aromatic rings. The maximum atomic E-state index is 12.0. The molecule has 0 radical (unpaired) electrons. The summed E-state index contributed by atoms with van der Waals surface area (Å²) in [5.41, 5.74) is 5.40. The lowest BCUT2D eigenvalue weighted by Gasteiger charge is -2.34. The number of piperazine rings is 1. The van der Waals surface area contributed by atoms with Crippen LogP contribution in [0.2, 0.25) is 0 Å². The summed E-state index contributed by atoms with van der Waals surface area (Å²) in [5.74, 6) is 0. The Kier molecular flexibility index (Phi) is 5.29. The van der Waals surface area contributed by atoms with Gasteiger partial charge in [0.15, 0.2) is 0 Å². The van der Waals surface area contributed by atoms with E-state index in [1.54, 1.807) is 0 Å². The van der Waals surface area contributed by atoms with Crippen LogP contribution >= 0.6 is 0 Å². The molecule has 0 atom stereocenters. The molecule has 0 spiro atoms. The highest BCUT2D eigenvalue weighted by Crippen LogP contribution is 2.04. The Bertz CT molecular complexity index is 147. The van der Waals surface area contributed by atoms with Crippen molar-refractivity contribution < 1.29 is 8.78 Å². The first-order chi connectivity index (χ1) is 6.72. The average molecular weight is 207 g/mol. The molecule has 5 heteroatoms. The number of hydrogen-bond acceptors (Lipinski definition) is 3. The van der Waals surface area contributed by atoms with E-state index in [1.807, 2.05) is 4.90 Å². The normalized spacial score (nSPS) is 20.6. The van der Waals surface area contributed by atoms with Gasteiger partial charge in [0.1, 0.15) is 0 Å². The lowest BCUT2D eigenvalue weighted by molar-refractivity contribution is 0.0562. The summed E-state index contributed by atoms with van der Waals surface area (Å²) in [6.45, 7) is 4.93. The second kappa shape index (κ2) is 6.27. The second-order valence-corrected chi connectivity index (χ2v) is 3.68. The average Bonchev–Trinajstić information content (AvgIpc) is 2.16. The number of nitrogens with zero attached hydrogens (tertiary/aromatic N) is 2. The van der Waals surface area contributed by atoms with E-state index in [0.29, 0.717) is 6.54 Å². The number of alkyl halides is 2. The van der Waals surface area contributed by atoms with Crippen LogP contribution in [-0.2, 0) is 0 Å². The maximum absolute atomic E-state index is 12.0. The molecule has 1 aliphatic rings. The molecule has 0 unspecified atom stereocenters. The molecule has 0 saturated carbocycles.